The van der Waals surface area contributed by atoms with Crippen LogP contribution in [0.3, 0.4) is 0 Å². The van der Waals surface area contributed by atoms with Crippen LogP contribution >= 0.6 is 12.6 Å². The molecule has 52 heavy (non-hydrogen) atoms. The van der Waals surface area contributed by atoms with Gasteiger partial charge in [0.15, 0.2) is 0 Å². The quantitative estimate of drug-likeness (QED) is 0.0370. The molecular formula is C51H92S. The molecule has 0 aromatic heterocycles. The van der Waals surface area contributed by atoms with Crippen LogP contribution in [0.1, 0.15) is 227 Å². The lowest BCUT2D eigenvalue weighted by molar-refractivity contribution is 0.133. The maximum atomic E-state index is 4.75. The zero-order chi connectivity index (χ0) is 37.9. The van der Waals surface area contributed by atoms with E-state index in [4.69, 9.17) is 12.6 Å². The molecule has 1 rings (SSSR count). The van der Waals surface area contributed by atoms with E-state index >= 15 is 0 Å². The van der Waals surface area contributed by atoms with E-state index in [-0.39, 0.29) is 0 Å². The normalized spacial score (nSPS) is 20.1. The Bertz CT molecular complexity index is 906. The van der Waals surface area contributed by atoms with Gasteiger partial charge < -0.3 is 0 Å². The highest BCUT2D eigenvalue weighted by atomic mass is 32.1. The van der Waals surface area contributed by atoms with Crippen LogP contribution in [0.15, 0.2) is 60.8 Å². The van der Waals surface area contributed by atoms with Crippen molar-refractivity contribution < 1.29 is 0 Å². The molecule has 0 N–H and O–H groups in total. The van der Waals surface area contributed by atoms with Crippen LogP contribution in [0.4, 0.5) is 0 Å². The lowest BCUT2D eigenvalue weighted by Crippen LogP contribution is -2.30. The second-order valence-corrected chi connectivity index (χ2v) is 17.8. The third-order valence-electron chi connectivity index (χ3n) is 12.5. The summed E-state index contributed by atoms with van der Waals surface area (Å²) < 4.78 is 0. The maximum Gasteiger partial charge on any atom is -0.00668 e. The second kappa shape index (κ2) is 35.7. The van der Waals surface area contributed by atoms with Crippen molar-refractivity contribution in [3.63, 3.8) is 0 Å². The summed E-state index contributed by atoms with van der Waals surface area (Å²) in [5.74, 6) is 5.24. The van der Waals surface area contributed by atoms with E-state index in [1.165, 1.54) is 191 Å². The van der Waals surface area contributed by atoms with E-state index in [2.05, 4.69) is 77.3 Å². The third-order valence-corrected chi connectivity index (χ3v) is 13.0. The minimum Gasteiger partial charge on any atom is -0.179 e. The molecule has 302 valence electrons. The van der Waals surface area contributed by atoms with Crippen LogP contribution in [0.25, 0.3) is 0 Å². The van der Waals surface area contributed by atoms with Gasteiger partial charge in [-0.25, -0.2) is 0 Å². The van der Waals surface area contributed by atoms with Crippen LogP contribution in [0.2, 0.25) is 0 Å². The Balaban J connectivity index is 2.31. The molecule has 1 aliphatic rings. The first-order valence-corrected chi connectivity index (χ1v) is 23.9. The van der Waals surface area contributed by atoms with E-state index in [0.717, 1.165) is 54.6 Å². The van der Waals surface area contributed by atoms with Crippen molar-refractivity contribution in [1.82, 2.24) is 0 Å². The summed E-state index contributed by atoms with van der Waals surface area (Å²) in [5, 5.41) is 0. The number of hydrogen-bond donors (Lipinski definition) is 1. The number of hydrogen-bond acceptors (Lipinski definition) is 1. The van der Waals surface area contributed by atoms with Gasteiger partial charge >= 0.3 is 0 Å². The van der Waals surface area contributed by atoms with E-state index in [1.54, 1.807) is 0 Å². The largest absolute Gasteiger partial charge is 0.179 e. The van der Waals surface area contributed by atoms with Gasteiger partial charge in [0.05, 0.1) is 0 Å². The summed E-state index contributed by atoms with van der Waals surface area (Å²) in [6.07, 6.45) is 55.5. The molecule has 0 spiro atoms. The van der Waals surface area contributed by atoms with Crippen molar-refractivity contribution in [2.45, 2.75) is 227 Å². The van der Waals surface area contributed by atoms with E-state index < -0.39 is 0 Å². The zero-order valence-corrected chi connectivity index (χ0v) is 36.7. The highest BCUT2D eigenvalue weighted by Crippen LogP contribution is 2.41. The van der Waals surface area contributed by atoms with Gasteiger partial charge in [-0.2, -0.15) is 12.6 Å². The molecule has 0 radical (unpaired) electrons. The van der Waals surface area contributed by atoms with Gasteiger partial charge in [0.2, 0.25) is 0 Å². The highest BCUT2D eigenvalue weighted by molar-refractivity contribution is 7.80. The fourth-order valence-corrected chi connectivity index (χ4v) is 9.15. The Morgan fingerprint density at radius 1 is 0.596 bits per heavy atom. The SMILES string of the molecule is C=C(CCCCCCC/C=C\C/C=C\C/C=C\CC)CCC(CCC1CC(C)C(C)C(CS)C1)CC(=C)CCCCCCCCCCCCCCC. The minimum absolute atomic E-state index is 0.789. The van der Waals surface area contributed by atoms with Gasteiger partial charge in [-0.15, -0.1) is 0 Å². The van der Waals surface area contributed by atoms with Crippen molar-refractivity contribution in [1.29, 1.82) is 0 Å². The van der Waals surface area contributed by atoms with Crippen molar-refractivity contribution in [3.05, 3.63) is 60.8 Å². The van der Waals surface area contributed by atoms with Crippen molar-refractivity contribution >= 4 is 12.6 Å². The molecule has 0 aromatic carbocycles. The Kier molecular flexibility index (Phi) is 33.7. The average Bonchev–Trinajstić information content (AvgIpc) is 3.14. The van der Waals surface area contributed by atoms with E-state index in [0.29, 0.717) is 0 Å². The molecule has 1 heteroatoms. The highest BCUT2D eigenvalue weighted by Gasteiger charge is 2.32. The number of rotatable bonds is 36. The molecule has 1 aliphatic carbocycles. The molecule has 0 saturated heterocycles. The Labute approximate surface area is 334 Å². The molecule has 0 nitrogen and oxygen atoms in total. The second-order valence-electron chi connectivity index (χ2n) is 17.4. The van der Waals surface area contributed by atoms with Gasteiger partial charge in [-0.3, -0.25) is 0 Å². The van der Waals surface area contributed by atoms with Crippen molar-refractivity contribution in [2.24, 2.45) is 29.6 Å². The average molecular weight is 737 g/mol. The van der Waals surface area contributed by atoms with Crippen LogP contribution in [-0.2, 0) is 0 Å². The smallest absolute Gasteiger partial charge is 0.00668 e. The van der Waals surface area contributed by atoms with Gasteiger partial charge in [-0.1, -0.05) is 191 Å². The molecule has 5 atom stereocenters. The lowest BCUT2D eigenvalue weighted by Gasteiger charge is -2.39. The Morgan fingerprint density at radius 2 is 1.12 bits per heavy atom. The van der Waals surface area contributed by atoms with Gasteiger partial charge in [0, 0.05) is 0 Å². The molecule has 0 bridgehead atoms. The summed E-state index contributed by atoms with van der Waals surface area (Å²) in [6.45, 7) is 18.7. The lowest BCUT2D eigenvalue weighted by atomic mass is 9.68. The number of thiol groups is 1. The molecule has 1 fully saturated rings. The summed E-state index contributed by atoms with van der Waals surface area (Å²) in [4.78, 5) is 0. The summed E-state index contributed by atoms with van der Waals surface area (Å²) in [6, 6.07) is 0. The van der Waals surface area contributed by atoms with Gasteiger partial charge in [-0.05, 0) is 132 Å². The maximum absolute atomic E-state index is 4.75. The van der Waals surface area contributed by atoms with Crippen LogP contribution < -0.4 is 0 Å². The number of allylic oxidation sites excluding steroid dienone is 8. The van der Waals surface area contributed by atoms with E-state index in [9.17, 15) is 0 Å². The predicted octanol–water partition coefficient (Wildman–Crippen LogP) is 18.0. The summed E-state index contributed by atoms with van der Waals surface area (Å²) >= 11 is 4.75. The van der Waals surface area contributed by atoms with Crippen molar-refractivity contribution in [3.8, 4) is 0 Å². The monoisotopic (exact) mass is 737 g/mol. The summed E-state index contributed by atoms with van der Waals surface area (Å²) in [5.41, 5.74) is 3.03. The number of unbranched alkanes of at least 4 members (excludes halogenated alkanes) is 17. The van der Waals surface area contributed by atoms with Gasteiger partial charge in [0.25, 0.3) is 0 Å². The molecule has 0 aliphatic heterocycles. The predicted molar refractivity (Wildman–Crippen MR) is 243 cm³/mol. The molecule has 0 heterocycles. The third kappa shape index (κ3) is 28.5. The van der Waals surface area contributed by atoms with Crippen LogP contribution in [-0.4, -0.2) is 5.75 Å². The van der Waals surface area contributed by atoms with Crippen molar-refractivity contribution in [2.75, 3.05) is 5.75 Å². The minimum atomic E-state index is 0.789. The first-order valence-electron chi connectivity index (χ1n) is 23.3. The summed E-state index contributed by atoms with van der Waals surface area (Å²) in [7, 11) is 0. The Hall–Kier alpha value is -0.950. The first kappa shape index (κ1) is 49.1. The molecule has 5 unspecified atom stereocenters. The Morgan fingerprint density at radius 3 is 1.69 bits per heavy atom. The van der Waals surface area contributed by atoms with E-state index in [1.807, 2.05) is 0 Å². The first-order chi connectivity index (χ1) is 25.4. The fraction of sp³-hybridized carbons (Fsp3) is 0.804. The van der Waals surface area contributed by atoms with Crippen LogP contribution in [0.5, 0.6) is 0 Å². The topological polar surface area (TPSA) is 0 Å². The molecule has 0 aromatic rings. The molecule has 0 amide bonds. The fourth-order valence-electron chi connectivity index (χ4n) is 8.67. The van der Waals surface area contributed by atoms with Gasteiger partial charge in [0.1, 0.15) is 0 Å². The molecule has 1 saturated carbocycles. The van der Waals surface area contributed by atoms with Crippen LogP contribution in [0, 0.1) is 29.6 Å². The molecular weight excluding hydrogens is 645 g/mol. The zero-order valence-electron chi connectivity index (χ0n) is 35.8. The standard InChI is InChI=1S/C51H92S/c1-7-9-11-13-15-17-19-21-22-24-25-27-29-31-33-35-45(3)37-38-49(39-40-50-42-47(5)48(6)51(43-50)44-52)41-46(4)36-34-32-30-28-26-23-20-18-16-14-12-10-8-2/h9,11,15,17,21-22,47-52H,3-4,7-8,10,12-14,16,18-20,23-44H2,1-2,5-6H3/b11-9-,17-15-,22-21-.